The molecule has 1 N–H and O–H groups in total. The Hall–Kier alpha value is -0.180. The molecule has 1 heterocycles. The van der Waals surface area contributed by atoms with Gasteiger partial charge in [-0.05, 0) is 30.1 Å². The largest absolute Gasteiger partial charge is 0.364 e. The Labute approximate surface area is 104 Å². The van der Waals surface area contributed by atoms with Crippen molar-refractivity contribution in [1.82, 2.24) is 5.32 Å². The number of thioether (sulfide) groups is 1. The van der Waals surface area contributed by atoms with Gasteiger partial charge >= 0.3 is 0 Å². The van der Waals surface area contributed by atoms with Crippen molar-refractivity contribution in [3.63, 3.8) is 0 Å². The van der Waals surface area contributed by atoms with E-state index in [9.17, 15) is 0 Å². The van der Waals surface area contributed by atoms with E-state index in [2.05, 4.69) is 31.1 Å². The highest BCUT2D eigenvalue weighted by molar-refractivity contribution is 8.13. The predicted molar refractivity (Wildman–Crippen MR) is 73.1 cm³/mol. The molecule has 3 heteroatoms. The summed E-state index contributed by atoms with van der Waals surface area (Å²) < 4.78 is 0. The Morgan fingerprint density at radius 3 is 2.62 bits per heavy atom. The summed E-state index contributed by atoms with van der Waals surface area (Å²) in [4.78, 5) is 4.64. The van der Waals surface area contributed by atoms with Crippen LogP contribution in [0.2, 0.25) is 0 Å². The fourth-order valence-corrected chi connectivity index (χ4v) is 3.18. The highest BCUT2D eigenvalue weighted by Crippen LogP contribution is 2.49. The molecule has 0 atom stereocenters. The lowest BCUT2D eigenvalue weighted by molar-refractivity contribution is 0.431. The lowest BCUT2D eigenvalue weighted by atomic mass is 9.97. The van der Waals surface area contributed by atoms with E-state index >= 15 is 0 Å². The molecular formula is C13H24N2S. The number of amidine groups is 1. The maximum atomic E-state index is 4.64. The zero-order valence-electron chi connectivity index (χ0n) is 10.8. The predicted octanol–water partition coefficient (Wildman–Crippen LogP) is 3.29. The van der Waals surface area contributed by atoms with Crippen LogP contribution >= 0.6 is 11.8 Å². The number of aliphatic imine (C=N–C) groups is 1. The summed E-state index contributed by atoms with van der Waals surface area (Å²) in [7, 11) is 0. The van der Waals surface area contributed by atoms with Crippen LogP contribution in [-0.4, -0.2) is 24.0 Å². The molecule has 1 fully saturated rings. The molecule has 1 aliphatic heterocycles. The Balaban J connectivity index is 1.77. The Kier molecular flexibility index (Phi) is 3.53. The van der Waals surface area contributed by atoms with E-state index in [0.717, 1.165) is 13.1 Å². The van der Waals surface area contributed by atoms with Gasteiger partial charge in [0.05, 0.1) is 0 Å². The summed E-state index contributed by atoms with van der Waals surface area (Å²) in [5, 5.41) is 4.74. The molecule has 0 aromatic heterocycles. The van der Waals surface area contributed by atoms with Crippen LogP contribution in [0.25, 0.3) is 0 Å². The Morgan fingerprint density at radius 2 is 2.12 bits per heavy atom. The topological polar surface area (TPSA) is 24.4 Å². The minimum absolute atomic E-state index is 0.385. The lowest BCUT2D eigenvalue weighted by Crippen LogP contribution is -2.34. The van der Waals surface area contributed by atoms with Crippen LogP contribution in [0, 0.1) is 10.8 Å². The molecule has 16 heavy (non-hydrogen) atoms. The number of hydrogen-bond donors (Lipinski definition) is 1. The van der Waals surface area contributed by atoms with Crippen molar-refractivity contribution in [2.24, 2.45) is 15.8 Å². The number of hydrogen-bond acceptors (Lipinski definition) is 3. The highest BCUT2D eigenvalue weighted by Gasteiger charge is 2.41. The summed E-state index contributed by atoms with van der Waals surface area (Å²) in [5.41, 5.74) is 1.02. The third kappa shape index (κ3) is 3.16. The van der Waals surface area contributed by atoms with Crippen molar-refractivity contribution in [2.75, 3.05) is 18.8 Å². The van der Waals surface area contributed by atoms with E-state index in [1.807, 2.05) is 11.8 Å². The normalized spacial score (nSPS) is 26.1. The molecule has 0 bridgehead atoms. The van der Waals surface area contributed by atoms with Crippen molar-refractivity contribution in [2.45, 2.75) is 46.5 Å². The molecular weight excluding hydrogens is 216 g/mol. The standard InChI is InChI=1S/C13H24N2S/c1-4-5-13(6-7-13)9-15-11-14-8-12(2,3)10-16-11/h4-10H2,1-3H3,(H,14,15). The zero-order chi connectivity index (χ0) is 11.6. The van der Waals surface area contributed by atoms with Gasteiger partial charge in [0.2, 0.25) is 0 Å². The van der Waals surface area contributed by atoms with Crippen molar-refractivity contribution in [1.29, 1.82) is 0 Å². The first kappa shape index (κ1) is 12.3. The van der Waals surface area contributed by atoms with E-state index in [0.29, 0.717) is 10.8 Å². The molecule has 2 rings (SSSR count). The molecule has 2 aliphatic rings. The molecule has 1 saturated carbocycles. The summed E-state index contributed by atoms with van der Waals surface area (Å²) >= 11 is 1.90. The molecule has 92 valence electrons. The van der Waals surface area contributed by atoms with Gasteiger partial charge in [-0.25, -0.2) is 0 Å². The second kappa shape index (κ2) is 4.59. The minimum Gasteiger partial charge on any atom is -0.364 e. The average molecular weight is 240 g/mol. The number of rotatable bonds is 4. The highest BCUT2D eigenvalue weighted by atomic mass is 32.2. The van der Waals surface area contributed by atoms with Gasteiger partial charge in [0, 0.05) is 18.8 Å². The van der Waals surface area contributed by atoms with Crippen molar-refractivity contribution in [3.8, 4) is 0 Å². The number of nitrogens with zero attached hydrogens (tertiary/aromatic N) is 1. The molecule has 0 amide bonds. The average Bonchev–Trinajstić information content (AvgIpc) is 2.98. The summed E-state index contributed by atoms with van der Waals surface area (Å²) in [6.45, 7) is 8.99. The van der Waals surface area contributed by atoms with Crippen LogP contribution in [-0.2, 0) is 0 Å². The third-order valence-electron chi connectivity index (χ3n) is 3.60. The summed E-state index contributed by atoms with van der Waals surface area (Å²) in [6, 6.07) is 0. The molecule has 0 aromatic carbocycles. The molecule has 0 saturated heterocycles. The maximum Gasteiger partial charge on any atom is 0.156 e. The van der Waals surface area contributed by atoms with Crippen molar-refractivity contribution >= 4 is 16.9 Å². The fraction of sp³-hybridized carbons (Fsp3) is 0.923. The van der Waals surface area contributed by atoms with Crippen molar-refractivity contribution in [3.05, 3.63) is 0 Å². The van der Waals surface area contributed by atoms with Gasteiger partial charge in [-0.3, -0.25) is 4.99 Å². The second-order valence-corrected chi connectivity index (χ2v) is 7.14. The molecule has 0 radical (unpaired) electrons. The van der Waals surface area contributed by atoms with Crippen LogP contribution in [0.4, 0.5) is 0 Å². The van der Waals surface area contributed by atoms with E-state index in [1.54, 1.807) is 0 Å². The van der Waals surface area contributed by atoms with Gasteiger partial charge in [0.15, 0.2) is 5.17 Å². The molecule has 2 nitrogen and oxygen atoms in total. The Morgan fingerprint density at radius 1 is 1.38 bits per heavy atom. The van der Waals surface area contributed by atoms with Crippen molar-refractivity contribution < 1.29 is 0 Å². The minimum atomic E-state index is 0.385. The molecule has 0 spiro atoms. The first-order chi connectivity index (χ1) is 7.55. The number of nitrogens with one attached hydrogen (secondary N) is 1. The van der Waals surface area contributed by atoms with Crippen LogP contribution in [0.15, 0.2) is 4.99 Å². The Bertz CT molecular complexity index is 280. The lowest BCUT2D eigenvalue weighted by Gasteiger charge is -2.28. The maximum absolute atomic E-state index is 4.64. The molecule has 0 aromatic rings. The fourth-order valence-electron chi connectivity index (χ4n) is 2.23. The van der Waals surface area contributed by atoms with Crippen LogP contribution in [0.5, 0.6) is 0 Å². The zero-order valence-corrected chi connectivity index (χ0v) is 11.6. The summed E-state index contributed by atoms with van der Waals surface area (Å²) in [6.07, 6.45) is 5.52. The van der Waals surface area contributed by atoms with Gasteiger partial charge in [-0.15, -0.1) is 0 Å². The third-order valence-corrected chi connectivity index (χ3v) is 5.08. The van der Waals surface area contributed by atoms with E-state index in [-0.39, 0.29) is 0 Å². The quantitative estimate of drug-likeness (QED) is 0.815. The van der Waals surface area contributed by atoms with Crippen LogP contribution in [0.1, 0.15) is 46.5 Å². The van der Waals surface area contributed by atoms with Gasteiger partial charge < -0.3 is 5.32 Å². The molecule has 1 aliphatic carbocycles. The van der Waals surface area contributed by atoms with Gasteiger partial charge in [-0.2, -0.15) is 0 Å². The van der Waals surface area contributed by atoms with E-state index < -0.39 is 0 Å². The van der Waals surface area contributed by atoms with Crippen LogP contribution in [0.3, 0.4) is 0 Å². The monoisotopic (exact) mass is 240 g/mol. The van der Waals surface area contributed by atoms with Gasteiger partial charge in [0.1, 0.15) is 0 Å². The smallest absolute Gasteiger partial charge is 0.156 e. The van der Waals surface area contributed by atoms with Gasteiger partial charge in [-0.1, -0.05) is 39.0 Å². The van der Waals surface area contributed by atoms with E-state index in [4.69, 9.17) is 0 Å². The van der Waals surface area contributed by atoms with Crippen LogP contribution < -0.4 is 5.32 Å². The first-order valence-corrected chi connectivity index (χ1v) is 7.45. The second-order valence-electron chi connectivity index (χ2n) is 6.18. The SMILES string of the molecule is CCCC1(CNC2=NCC(C)(C)CS2)CC1. The summed E-state index contributed by atoms with van der Waals surface area (Å²) in [5.74, 6) is 1.19. The molecule has 0 unspecified atom stereocenters. The van der Waals surface area contributed by atoms with E-state index in [1.165, 1.54) is 36.6 Å². The van der Waals surface area contributed by atoms with Gasteiger partial charge in [0.25, 0.3) is 0 Å². The first-order valence-electron chi connectivity index (χ1n) is 6.46.